The van der Waals surface area contributed by atoms with E-state index in [4.69, 9.17) is 4.74 Å². The van der Waals surface area contributed by atoms with Gasteiger partial charge in [0.1, 0.15) is 16.6 Å². The van der Waals surface area contributed by atoms with Crippen LogP contribution in [0.5, 0.6) is 5.75 Å². The molecule has 0 unspecified atom stereocenters. The quantitative estimate of drug-likeness (QED) is 0.475. The van der Waals surface area contributed by atoms with E-state index in [1.54, 1.807) is 31.4 Å². The van der Waals surface area contributed by atoms with Gasteiger partial charge >= 0.3 is 0 Å². The fourth-order valence-electron chi connectivity index (χ4n) is 2.45. The largest absolute Gasteiger partial charge is 0.497 e. The Morgan fingerprint density at radius 2 is 1.93 bits per heavy atom. The Hall–Kier alpha value is -2.99. The Morgan fingerprint density at radius 3 is 2.60 bits per heavy atom. The molecule has 0 saturated heterocycles. The van der Waals surface area contributed by atoms with Gasteiger partial charge in [0, 0.05) is 25.6 Å². The molecule has 3 rings (SSSR count). The van der Waals surface area contributed by atoms with Gasteiger partial charge in [-0.15, -0.1) is 20.4 Å². The van der Waals surface area contributed by atoms with Crippen molar-refractivity contribution in [3.63, 3.8) is 0 Å². The van der Waals surface area contributed by atoms with Gasteiger partial charge in [0.05, 0.1) is 12.9 Å². The Morgan fingerprint density at radius 1 is 1.17 bits per heavy atom. The van der Waals surface area contributed by atoms with Crippen molar-refractivity contribution >= 4 is 40.0 Å². The molecule has 2 heterocycles. The van der Waals surface area contributed by atoms with Crippen molar-refractivity contribution in [2.75, 3.05) is 24.7 Å². The number of benzene rings is 1. The van der Waals surface area contributed by atoms with Gasteiger partial charge in [-0.3, -0.25) is 14.9 Å². The van der Waals surface area contributed by atoms with Crippen molar-refractivity contribution in [3.8, 4) is 5.75 Å². The highest BCUT2D eigenvalue weighted by Crippen LogP contribution is 2.18. The number of hydrogen-bond acceptors (Lipinski definition) is 9. The minimum absolute atomic E-state index is 0.169. The number of aromatic nitrogens is 5. The van der Waals surface area contributed by atoms with E-state index in [1.165, 1.54) is 23.1 Å². The van der Waals surface area contributed by atoms with Crippen LogP contribution in [0, 0.1) is 6.92 Å². The number of carbonyl (C=O) groups excluding carboxylic acids is 2. The molecule has 30 heavy (non-hydrogen) atoms. The Bertz CT molecular complexity index is 1020. The fraction of sp³-hybridized carbons (Fsp3) is 0.333. The van der Waals surface area contributed by atoms with Gasteiger partial charge in [-0.2, -0.15) is 0 Å². The predicted octanol–water partition coefficient (Wildman–Crippen LogP) is 1.69. The summed E-state index contributed by atoms with van der Waals surface area (Å²) in [6.07, 6.45) is 0.516. The number of methoxy groups -OCH3 is 1. The smallest absolute Gasteiger partial charge is 0.251 e. The van der Waals surface area contributed by atoms with Crippen LogP contribution in [0.25, 0.3) is 0 Å². The van der Waals surface area contributed by atoms with Crippen molar-refractivity contribution < 1.29 is 14.3 Å². The maximum atomic E-state index is 12.2. The number of nitrogens with one attached hydrogen (secondary N) is 2. The van der Waals surface area contributed by atoms with E-state index in [9.17, 15) is 9.59 Å². The maximum Gasteiger partial charge on any atom is 0.251 e. The van der Waals surface area contributed by atoms with Crippen LogP contribution >= 0.6 is 23.1 Å². The molecule has 0 bridgehead atoms. The number of hydrogen-bond donors (Lipinski definition) is 2. The summed E-state index contributed by atoms with van der Waals surface area (Å²) in [5.41, 5.74) is 0.557. The first-order valence-electron chi connectivity index (χ1n) is 8.99. The number of nitrogens with zero attached hydrogens (tertiary/aromatic N) is 5. The van der Waals surface area contributed by atoms with Gasteiger partial charge in [-0.25, -0.2) is 0 Å². The van der Waals surface area contributed by atoms with Crippen LogP contribution in [0.2, 0.25) is 0 Å². The molecule has 12 heteroatoms. The molecule has 2 amide bonds. The molecule has 2 N–H and O–H groups in total. The highest BCUT2D eigenvalue weighted by atomic mass is 32.2. The molecule has 158 valence electrons. The standard InChI is InChI=1S/C18H21N7O3S2/c1-11-21-23-17(30-11)20-15(26)10-29-18-24-22-14(25(18)2)8-9-19-16(27)12-4-6-13(28-3)7-5-12/h4-7H,8-10H2,1-3H3,(H,19,27)(H,20,23,26). The van der Waals surface area contributed by atoms with E-state index < -0.39 is 0 Å². The monoisotopic (exact) mass is 447 g/mol. The van der Waals surface area contributed by atoms with Crippen LogP contribution in [-0.4, -0.2) is 56.2 Å². The number of amides is 2. The molecule has 0 aliphatic carbocycles. The van der Waals surface area contributed by atoms with E-state index in [2.05, 4.69) is 31.0 Å². The SMILES string of the molecule is COc1ccc(C(=O)NCCc2nnc(SCC(=O)Nc3nnc(C)s3)n2C)cc1. The average molecular weight is 448 g/mol. The molecule has 0 aliphatic heterocycles. The predicted molar refractivity (Wildman–Crippen MR) is 114 cm³/mol. The van der Waals surface area contributed by atoms with E-state index in [1.807, 2.05) is 18.5 Å². The molecule has 2 aromatic heterocycles. The molecule has 0 atom stereocenters. The second-order valence-electron chi connectivity index (χ2n) is 6.16. The Balaban J connectivity index is 1.45. The molecular formula is C18H21N7O3S2. The molecule has 0 radical (unpaired) electrons. The first-order valence-corrected chi connectivity index (χ1v) is 10.8. The van der Waals surface area contributed by atoms with E-state index in [-0.39, 0.29) is 17.6 Å². The van der Waals surface area contributed by atoms with Gasteiger partial charge in [-0.1, -0.05) is 23.1 Å². The fourth-order valence-corrected chi connectivity index (χ4v) is 3.79. The topological polar surface area (TPSA) is 124 Å². The van der Waals surface area contributed by atoms with Gasteiger partial charge in [0.25, 0.3) is 5.91 Å². The Kier molecular flexibility index (Phi) is 7.36. The molecule has 0 aliphatic rings. The average Bonchev–Trinajstić information content (AvgIpc) is 3.31. The molecular weight excluding hydrogens is 426 g/mol. The second-order valence-corrected chi connectivity index (χ2v) is 8.28. The van der Waals surface area contributed by atoms with Crippen molar-refractivity contribution in [1.82, 2.24) is 30.3 Å². The third-order valence-electron chi connectivity index (χ3n) is 4.02. The number of anilines is 1. The highest BCUT2D eigenvalue weighted by Gasteiger charge is 2.13. The minimum atomic E-state index is -0.188. The molecule has 1 aromatic carbocycles. The zero-order chi connectivity index (χ0) is 21.5. The van der Waals surface area contributed by atoms with Crippen LogP contribution < -0.4 is 15.4 Å². The first kappa shape index (κ1) is 21.7. The third-order valence-corrected chi connectivity index (χ3v) is 5.79. The van der Waals surface area contributed by atoms with Crippen LogP contribution in [-0.2, 0) is 18.3 Å². The zero-order valence-electron chi connectivity index (χ0n) is 16.7. The molecule has 0 spiro atoms. The lowest BCUT2D eigenvalue weighted by molar-refractivity contribution is -0.113. The molecule has 3 aromatic rings. The number of thioether (sulfide) groups is 1. The van der Waals surface area contributed by atoms with Crippen LogP contribution in [0.1, 0.15) is 21.2 Å². The highest BCUT2D eigenvalue weighted by molar-refractivity contribution is 7.99. The third kappa shape index (κ3) is 5.76. The van der Waals surface area contributed by atoms with Gasteiger partial charge < -0.3 is 14.6 Å². The zero-order valence-corrected chi connectivity index (χ0v) is 18.3. The number of aryl methyl sites for hydroxylation is 1. The number of rotatable bonds is 9. The van der Waals surface area contributed by atoms with Crippen molar-refractivity contribution in [3.05, 3.63) is 40.7 Å². The van der Waals surface area contributed by atoms with E-state index >= 15 is 0 Å². The summed E-state index contributed by atoms with van der Waals surface area (Å²) in [6, 6.07) is 6.89. The van der Waals surface area contributed by atoms with Crippen molar-refractivity contribution in [1.29, 1.82) is 0 Å². The summed E-state index contributed by atoms with van der Waals surface area (Å²) in [5, 5.41) is 23.4. The van der Waals surface area contributed by atoms with E-state index in [0.717, 1.165) is 5.01 Å². The summed E-state index contributed by atoms with van der Waals surface area (Å²) in [4.78, 5) is 24.2. The molecule has 0 fully saturated rings. The first-order chi connectivity index (χ1) is 14.5. The lowest BCUT2D eigenvalue weighted by Gasteiger charge is -2.07. The number of carbonyl (C=O) groups is 2. The van der Waals surface area contributed by atoms with Crippen LogP contribution in [0.4, 0.5) is 5.13 Å². The van der Waals surface area contributed by atoms with Crippen molar-refractivity contribution in [2.45, 2.75) is 18.5 Å². The Labute approximate surface area is 181 Å². The van der Waals surface area contributed by atoms with Crippen LogP contribution in [0.15, 0.2) is 29.4 Å². The summed E-state index contributed by atoms with van der Waals surface area (Å²) >= 11 is 2.60. The summed E-state index contributed by atoms with van der Waals surface area (Å²) in [5.74, 6) is 1.24. The van der Waals surface area contributed by atoms with Gasteiger partial charge in [0.2, 0.25) is 11.0 Å². The maximum absolute atomic E-state index is 12.2. The van der Waals surface area contributed by atoms with Gasteiger partial charge in [-0.05, 0) is 31.2 Å². The number of ether oxygens (including phenoxy) is 1. The van der Waals surface area contributed by atoms with Crippen LogP contribution in [0.3, 0.4) is 0 Å². The lowest BCUT2D eigenvalue weighted by atomic mass is 10.2. The summed E-state index contributed by atoms with van der Waals surface area (Å²) < 4.78 is 6.90. The van der Waals surface area contributed by atoms with Gasteiger partial charge in [0.15, 0.2) is 5.16 Å². The van der Waals surface area contributed by atoms with Crippen molar-refractivity contribution in [2.24, 2.45) is 7.05 Å². The minimum Gasteiger partial charge on any atom is -0.497 e. The molecule has 10 nitrogen and oxygen atoms in total. The summed E-state index contributed by atoms with van der Waals surface area (Å²) in [7, 11) is 3.41. The molecule has 0 saturated carbocycles. The lowest BCUT2D eigenvalue weighted by Crippen LogP contribution is -2.26. The summed E-state index contributed by atoms with van der Waals surface area (Å²) in [6.45, 7) is 2.24. The van der Waals surface area contributed by atoms with E-state index in [0.29, 0.717) is 40.4 Å². The second kappa shape index (κ2) is 10.2. The normalized spacial score (nSPS) is 10.6.